The Balaban J connectivity index is 1.75. The number of hydrogen-bond donors (Lipinski definition) is 1. The van der Waals surface area contributed by atoms with Crippen molar-refractivity contribution in [1.29, 1.82) is 0 Å². The molecule has 1 aromatic rings. The summed E-state index contributed by atoms with van der Waals surface area (Å²) in [4.78, 5) is 0. The predicted molar refractivity (Wildman–Crippen MR) is 53.3 cm³/mol. The quantitative estimate of drug-likeness (QED) is 0.756. The third kappa shape index (κ3) is 1.70. The third-order valence-electron chi connectivity index (χ3n) is 2.77. The summed E-state index contributed by atoms with van der Waals surface area (Å²) >= 11 is 1.78. The molecule has 1 nitrogen and oxygen atoms in total. The Morgan fingerprint density at radius 3 is 3.00 bits per heavy atom. The minimum absolute atomic E-state index is 0.782. The molecule has 2 unspecified atom stereocenters. The van der Waals surface area contributed by atoms with Gasteiger partial charge in [-0.1, -0.05) is 6.92 Å². The van der Waals surface area contributed by atoms with Crippen LogP contribution in [0.5, 0.6) is 0 Å². The average Bonchev–Trinajstić information content (AvgIpc) is 2.54. The van der Waals surface area contributed by atoms with E-state index >= 15 is 0 Å². The number of rotatable bonds is 3. The van der Waals surface area contributed by atoms with E-state index in [9.17, 15) is 0 Å². The van der Waals surface area contributed by atoms with Gasteiger partial charge in [-0.2, -0.15) is 11.3 Å². The van der Waals surface area contributed by atoms with Crippen LogP contribution in [0.3, 0.4) is 0 Å². The van der Waals surface area contributed by atoms with Gasteiger partial charge in [0.25, 0.3) is 0 Å². The van der Waals surface area contributed by atoms with Crippen molar-refractivity contribution in [2.45, 2.75) is 32.4 Å². The normalized spacial score (nSPS) is 28.4. The minimum atomic E-state index is 0.782. The molecule has 1 aliphatic carbocycles. The molecule has 1 N–H and O–H groups in total. The first-order valence-electron chi connectivity index (χ1n) is 4.61. The Morgan fingerprint density at radius 1 is 1.58 bits per heavy atom. The molecule has 0 bridgehead atoms. The van der Waals surface area contributed by atoms with Gasteiger partial charge in [-0.05, 0) is 41.1 Å². The summed E-state index contributed by atoms with van der Waals surface area (Å²) in [5.41, 5.74) is 1.43. The van der Waals surface area contributed by atoms with Gasteiger partial charge in [-0.25, -0.2) is 0 Å². The van der Waals surface area contributed by atoms with Gasteiger partial charge in [-0.15, -0.1) is 0 Å². The zero-order chi connectivity index (χ0) is 8.39. The molecule has 66 valence electrons. The van der Waals surface area contributed by atoms with Crippen LogP contribution in [0.2, 0.25) is 0 Å². The van der Waals surface area contributed by atoms with Gasteiger partial charge in [0.05, 0.1) is 0 Å². The van der Waals surface area contributed by atoms with Crippen molar-refractivity contribution < 1.29 is 0 Å². The van der Waals surface area contributed by atoms with Gasteiger partial charge in [0.1, 0.15) is 0 Å². The molecular weight excluding hydrogens is 166 g/mol. The largest absolute Gasteiger partial charge is 0.310 e. The molecule has 1 aliphatic rings. The Hall–Kier alpha value is -0.340. The fourth-order valence-corrected chi connectivity index (χ4v) is 2.28. The Morgan fingerprint density at radius 2 is 2.50 bits per heavy atom. The smallest absolute Gasteiger partial charge is 0.0216 e. The molecule has 0 spiro atoms. The lowest BCUT2D eigenvalue weighted by molar-refractivity contribution is 0.228. The lowest BCUT2D eigenvalue weighted by atomic mass is 9.81. The fourth-order valence-electron chi connectivity index (χ4n) is 1.61. The van der Waals surface area contributed by atoms with E-state index in [0.29, 0.717) is 0 Å². The van der Waals surface area contributed by atoms with Crippen molar-refractivity contribution in [3.63, 3.8) is 0 Å². The van der Waals surface area contributed by atoms with E-state index in [0.717, 1.165) is 18.5 Å². The van der Waals surface area contributed by atoms with Gasteiger partial charge >= 0.3 is 0 Å². The Kier molecular flexibility index (Phi) is 2.47. The van der Waals surface area contributed by atoms with E-state index < -0.39 is 0 Å². The predicted octanol–water partition coefficient (Wildman–Crippen LogP) is 2.64. The molecule has 0 aromatic carbocycles. The summed E-state index contributed by atoms with van der Waals surface area (Å²) in [6, 6.07) is 2.98. The van der Waals surface area contributed by atoms with E-state index in [1.165, 1.54) is 18.4 Å². The molecule has 1 fully saturated rings. The van der Waals surface area contributed by atoms with E-state index in [-0.39, 0.29) is 0 Å². The molecular formula is C10H15NS. The van der Waals surface area contributed by atoms with Crippen LogP contribution in [-0.4, -0.2) is 6.04 Å². The van der Waals surface area contributed by atoms with Gasteiger partial charge in [0.2, 0.25) is 0 Å². The number of thiophene rings is 1. The molecule has 12 heavy (non-hydrogen) atoms. The SMILES string of the molecule is CC1CCC1NCc1ccsc1. The summed E-state index contributed by atoms with van der Waals surface area (Å²) in [5, 5.41) is 7.94. The second-order valence-electron chi connectivity index (χ2n) is 3.67. The van der Waals surface area contributed by atoms with Crippen LogP contribution in [0.1, 0.15) is 25.3 Å². The second-order valence-corrected chi connectivity index (χ2v) is 4.45. The number of hydrogen-bond acceptors (Lipinski definition) is 2. The molecule has 0 aliphatic heterocycles. The monoisotopic (exact) mass is 181 g/mol. The maximum absolute atomic E-state index is 3.58. The summed E-state index contributed by atoms with van der Waals surface area (Å²) in [6.45, 7) is 3.38. The van der Waals surface area contributed by atoms with E-state index in [1.54, 1.807) is 11.3 Å². The lowest BCUT2D eigenvalue weighted by Crippen LogP contribution is -2.41. The van der Waals surface area contributed by atoms with Gasteiger partial charge in [0, 0.05) is 12.6 Å². The van der Waals surface area contributed by atoms with E-state index in [1.807, 2.05) is 0 Å². The number of nitrogens with one attached hydrogen (secondary N) is 1. The standard InChI is InChI=1S/C10H15NS/c1-8-2-3-10(8)11-6-9-4-5-12-7-9/h4-5,7-8,10-11H,2-3,6H2,1H3. The topological polar surface area (TPSA) is 12.0 Å². The van der Waals surface area contributed by atoms with Crippen molar-refractivity contribution in [2.24, 2.45) is 5.92 Å². The van der Waals surface area contributed by atoms with Crippen LogP contribution in [0.4, 0.5) is 0 Å². The highest BCUT2D eigenvalue weighted by molar-refractivity contribution is 7.07. The maximum Gasteiger partial charge on any atom is 0.0216 e. The highest BCUT2D eigenvalue weighted by Crippen LogP contribution is 2.26. The van der Waals surface area contributed by atoms with Crippen molar-refractivity contribution in [2.75, 3.05) is 0 Å². The zero-order valence-corrected chi connectivity index (χ0v) is 8.23. The molecule has 0 radical (unpaired) electrons. The molecule has 0 saturated heterocycles. The van der Waals surface area contributed by atoms with Crippen LogP contribution in [0, 0.1) is 5.92 Å². The maximum atomic E-state index is 3.58. The van der Waals surface area contributed by atoms with Gasteiger partial charge < -0.3 is 5.32 Å². The summed E-state index contributed by atoms with van der Waals surface area (Å²) in [7, 11) is 0. The molecule has 2 heteroatoms. The summed E-state index contributed by atoms with van der Waals surface area (Å²) in [5.74, 6) is 0.892. The van der Waals surface area contributed by atoms with E-state index in [4.69, 9.17) is 0 Å². The average molecular weight is 181 g/mol. The van der Waals surface area contributed by atoms with Crippen molar-refractivity contribution in [1.82, 2.24) is 5.32 Å². The van der Waals surface area contributed by atoms with Crippen LogP contribution >= 0.6 is 11.3 Å². The highest BCUT2D eigenvalue weighted by atomic mass is 32.1. The summed E-state index contributed by atoms with van der Waals surface area (Å²) < 4.78 is 0. The first-order chi connectivity index (χ1) is 5.86. The lowest BCUT2D eigenvalue weighted by Gasteiger charge is -2.34. The highest BCUT2D eigenvalue weighted by Gasteiger charge is 2.25. The fraction of sp³-hybridized carbons (Fsp3) is 0.600. The third-order valence-corrected chi connectivity index (χ3v) is 3.50. The first kappa shape index (κ1) is 8.27. The Bertz CT molecular complexity index is 230. The van der Waals surface area contributed by atoms with Crippen LogP contribution < -0.4 is 5.32 Å². The molecule has 1 aromatic heterocycles. The van der Waals surface area contributed by atoms with Gasteiger partial charge in [0.15, 0.2) is 0 Å². The van der Waals surface area contributed by atoms with Gasteiger partial charge in [-0.3, -0.25) is 0 Å². The molecule has 0 amide bonds. The van der Waals surface area contributed by atoms with E-state index in [2.05, 4.69) is 29.1 Å². The van der Waals surface area contributed by atoms with Crippen molar-refractivity contribution >= 4 is 11.3 Å². The molecule has 1 heterocycles. The molecule has 2 rings (SSSR count). The van der Waals surface area contributed by atoms with Crippen LogP contribution in [-0.2, 0) is 6.54 Å². The summed E-state index contributed by atoms with van der Waals surface area (Å²) in [6.07, 6.45) is 2.77. The van der Waals surface area contributed by atoms with Crippen LogP contribution in [0.15, 0.2) is 16.8 Å². The zero-order valence-electron chi connectivity index (χ0n) is 7.42. The minimum Gasteiger partial charge on any atom is -0.310 e. The second kappa shape index (κ2) is 3.58. The van der Waals surface area contributed by atoms with Crippen molar-refractivity contribution in [3.05, 3.63) is 22.4 Å². The van der Waals surface area contributed by atoms with Crippen molar-refractivity contribution in [3.8, 4) is 0 Å². The molecule has 1 saturated carbocycles. The Labute approximate surface area is 77.8 Å². The van der Waals surface area contributed by atoms with Crippen LogP contribution in [0.25, 0.3) is 0 Å². The molecule has 2 atom stereocenters. The first-order valence-corrected chi connectivity index (χ1v) is 5.55.